The zero-order valence-electron chi connectivity index (χ0n) is 11.7. The number of nitrogens with one attached hydrogen (secondary N) is 2. The minimum Gasteiger partial charge on any atom is -0.370 e. The highest BCUT2D eigenvalue weighted by atomic mass is 16.2. The molecule has 0 bridgehead atoms. The molecule has 2 fully saturated rings. The summed E-state index contributed by atoms with van der Waals surface area (Å²) in [6, 6.07) is 0.229. The van der Waals surface area contributed by atoms with Crippen molar-refractivity contribution in [2.45, 2.75) is 76.3 Å². The van der Waals surface area contributed by atoms with Gasteiger partial charge in [0.25, 0.3) is 0 Å². The van der Waals surface area contributed by atoms with E-state index in [0.29, 0.717) is 0 Å². The van der Waals surface area contributed by atoms with Gasteiger partial charge in [-0.2, -0.15) is 0 Å². The highest BCUT2D eigenvalue weighted by molar-refractivity contribution is 5.94. The van der Waals surface area contributed by atoms with E-state index in [9.17, 15) is 4.79 Å². The lowest BCUT2D eigenvalue weighted by Crippen LogP contribution is -2.54. The highest BCUT2D eigenvalue weighted by Crippen LogP contribution is 2.23. The summed E-state index contributed by atoms with van der Waals surface area (Å²) < 4.78 is 0. The van der Waals surface area contributed by atoms with Crippen LogP contribution in [0.25, 0.3) is 0 Å². The second kappa shape index (κ2) is 6.78. The number of carbonyl (C=O) groups excluding carboxylic acids is 1. The van der Waals surface area contributed by atoms with Crippen LogP contribution in [0.4, 0.5) is 4.79 Å². The predicted octanol–water partition coefficient (Wildman–Crippen LogP) is 2.56. The van der Waals surface area contributed by atoms with Crippen LogP contribution in [0.15, 0.2) is 0 Å². The molecule has 2 saturated carbocycles. The number of hydrogen-bond acceptors (Lipinski definition) is 2. The average Bonchev–Trinajstić information content (AvgIpc) is 2.40. The minimum absolute atomic E-state index is 0.111. The van der Waals surface area contributed by atoms with Crippen LogP contribution in [0.2, 0.25) is 0 Å². The Hall–Kier alpha value is -1.26. The molecule has 0 spiro atoms. The summed E-state index contributed by atoms with van der Waals surface area (Å²) in [5, 5.41) is 10.7. The zero-order chi connectivity index (χ0) is 13.7. The number of nitrogens with two attached hydrogens (primary N) is 1. The number of rotatable bonds is 2. The molecule has 0 atom stereocenters. The Kier molecular flexibility index (Phi) is 5.05. The topological polar surface area (TPSA) is 82.2 Å². The fourth-order valence-corrected chi connectivity index (χ4v) is 3.30. The fourth-order valence-electron chi connectivity index (χ4n) is 3.30. The van der Waals surface area contributed by atoms with Crippen molar-refractivity contribution in [1.82, 2.24) is 10.2 Å². The lowest BCUT2D eigenvalue weighted by atomic mass is 9.94. The van der Waals surface area contributed by atoms with Crippen LogP contribution in [-0.2, 0) is 0 Å². The molecule has 2 amide bonds. The summed E-state index contributed by atoms with van der Waals surface area (Å²) in [6.45, 7) is 0. The van der Waals surface area contributed by atoms with Crippen molar-refractivity contribution in [1.29, 1.82) is 5.41 Å². The van der Waals surface area contributed by atoms with Gasteiger partial charge in [0.15, 0.2) is 5.96 Å². The van der Waals surface area contributed by atoms with E-state index in [1.165, 1.54) is 30.6 Å². The Morgan fingerprint density at radius 2 is 1.53 bits per heavy atom. The molecule has 0 aromatic rings. The van der Waals surface area contributed by atoms with E-state index in [0.717, 1.165) is 38.5 Å². The average molecular weight is 266 g/mol. The zero-order valence-corrected chi connectivity index (χ0v) is 11.7. The maximum Gasteiger partial charge on any atom is 0.324 e. The van der Waals surface area contributed by atoms with Gasteiger partial charge in [0.2, 0.25) is 0 Å². The van der Waals surface area contributed by atoms with E-state index in [-0.39, 0.29) is 24.1 Å². The number of urea groups is 1. The molecule has 2 aliphatic carbocycles. The third-order valence-electron chi connectivity index (χ3n) is 4.35. The molecule has 0 radical (unpaired) electrons. The lowest BCUT2D eigenvalue weighted by Gasteiger charge is -2.34. The summed E-state index contributed by atoms with van der Waals surface area (Å²) in [6.07, 6.45) is 11.2. The summed E-state index contributed by atoms with van der Waals surface area (Å²) in [5.74, 6) is -0.111. The third kappa shape index (κ3) is 3.85. The fraction of sp³-hybridized carbons (Fsp3) is 0.857. The maximum absolute atomic E-state index is 12.3. The minimum atomic E-state index is -0.161. The van der Waals surface area contributed by atoms with E-state index in [1.54, 1.807) is 0 Å². The number of hydrogen-bond donors (Lipinski definition) is 3. The lowest BCUT2D eigenvalue weighted by molar-refractivity contribution is 0.187. The Labute approximate surface area is 115 Å². The van der Waals surface area contributed by atoms with Gasteiger partial charge < -0.3 is 11.1 Å². The monoisotopic (exact) mass is 266 g/mol. The Bertz CT molecular complexity index is 319. The molecule has 0 heterocycles. The third-order valence-corrected chi connectivity index (χ3v) is 4.35. The first kappa shape index (κ1) is 14.2. The molecule has 19 heavy (non-hydrogen) atoms. The number of carbonyl (C=O) groups is 1. The number of amides is 2. The van der Waals surface area contributed by atoms with Gasteiger partial charge in [-0.25, -0.2) is 4.79 Å². The standard InChI is InChI=1S/C14H26N4O/c15-13(16)18(12-9-5-2-6-10-12)14(19)17-11-7-3-1-4-8-11/h11-12H,1-10H2,(H3,15,16)(H,17,19). The molecule has 5 nitrogen and oxygen atoms in total. The molecule has 4 N–H and O–H groups in total. The van der Waals surface area contributed by atoms with Crippen molar-refractivity contribution in [3.8, 4) is 0 Å². The molecule has 2 rings (SSSR count). The predicted molar refractivity (Wildman–Crippen MR) is 76.0 cm³/mol. The molecule has 0 saturated heterocycles. The van der Waals surface area contributed by atoms with Gasteiger partial charge in [0.1, 0.15) is 0 Å². The Morgan fingerprint density at radius 1 is 1.00 bits per heavy atom. The SMILES string of the molecule is N=C(N)N(C(=O)NC1CCCCC1)C1CCCCC1. The quantitative estimate of drug-likeness (QED) is 0.530. The van der Waals surface area contributed by atoms with Gasteiger partial charge in [-0.15, -0.1) is 0 Å². The van der Waals surface area contributed by atoms with Crippen LogP contribution in [-0.4, -0.2) is 29.0 Å². The molecule has 0 aromatic heterocycles. The van der Waals surface area contributed by atoms with E-state index in [1.807, 2.05) is 0 Å². The molecule has 2 aliphatic rings. The van der Waals surface area contributed by atoms with Crippen molar-refractivity contribution in [3.05, 3.63) is 0 Å². The van der Waals surface area contributed by atoms with E-state index in [4.69, 9.17) is 11.1 Å². The molecule has 0 aliphatic heterocycles. The van der Waals surface area contributed by atoms with E-state index >= 15 is 0 Å². The van der Waals surface area contributed by atoms with Crippen LogP contribution in [0, 0.1) is 5.41 Å². The number of guanidine groups is 1. The molecule has 5 heteroatoms. The van der Waals surface area contributed by atoms with Gasteiger partial charge in [0.05, 0.1) is 0 Å². The van der Waals surface area contributed by atoms with Gasteiger partial charge >= 0.3 is 6.03 Å². The van der Waals surface area contributed by atoms with Crippen molar-refractivity contribution in [3.63, 3.8) is 0 Å². The molecular formula is C14H26N4O. The van der Waals surface area contributed by atoms with Crippen LogP contribution < -0.4 is 11.1 Å². The van der Waals surface area contributed by atoms with Gasteiger partial charge in [-0.1, -0.05) is 38.5 Å². The number of nitrogens with zero attached hydrogens (tertiary/aromatic N) is 1. The normalized spacial score (nSPS) is 21.9. The summed E-state index contributed by atoms with van der Waals surface area (Å²) in [4.78, 5) is 13.8. The largest absolute Gasteiger partial charge is 0.370 e. The Balaban J connectivity index is 1.93. The summed E-state index contributed by atoms with van der Waals surface area (Å²) in [5.41, 5.74) is 5.62. The van der Waals surface area contributed by atoms with Crippen LogP contribution in [0.1, 0.15) is 64.2 Å². The second-order valence-electron chi connectivity index (χ2n) is 5.83. The summed E-state index contributed by atoms with van der Waals surface area (Å²) >= 11 is 0. The molecule has 108 valence electrons. The molecule has 0 aromatic carbocycles. The van der Waals surface area contributed by atoms with E-state index < -0.39 is 0 Å². The van der Waals surface area contributed by atoms with Crippen molar-refractivity contribution in [2.75, 3.05) is 0 Å². The first-order chi connectivity index (χ1) is 9.18. The van der Waals surface area contributed by atoms with Gasteiger partial charge in [-0.3, -0.25) is 10.3 Å². The maximum atomic E-state index is 12.3. The van der Waals surface area contributed by atoms with E-state index in [2.05, 4.69) is 5.32 Å². The summed E-state index contributed by atoms with van der Waals surface area (Å²) in [7, 11) is 0. The van der Waals surface area contributed by atoms with Crippen LogP contribution >= 0.6 is 0 Å². The first-order valence-corrected chi connectivity index (χ1v) is 7.62. The molecular weight excluding hydrogens is 240 g/mol. The van der Waals surface area contributed by atoms with Crippen molar-refractivity contribution < 1.29 is 4.79 Å². The van der Waals surface area contributed by atoms with Crippen molar-refractivity contribution >= 4 is 12.0 Å². The first-order valence-electron chi connectivity index (χ1n) is 7.62. The van der Waals surface area contributed by atoms with Crippen LogP contribution in [0.5, 0.6) is 0 Å². The second-order valence-corrected chi connectivity index (χ2v) is 5.83. The van der Waals surface area contributed by atoms with Crippen LogP contribution in [0.3, 0.4) is 0 Å². The Morgan fingerprint density at radius 3 is 2.05 bits per heavy atom. The van der Waals surface area contributed by atoms with Gasteiger partial charge in [0, 0.05) is 12.1 Å². The van der Waals surface area contributed by atoms with Gasteiger partial charge in [-0.05, 0) is 25.7 Å². The highest BCUT2D eigenvalue weighted by Gasteiger charge is 2.29. The van der Waals surface area contributed by atoms with Crippen molar-refractivity contribution in [2.24, 2.45) is 5.73 Å². The molecule has 0 unspecified atom stereocenters. The smallest absolute Gasteiger partial charge is 0.324 e.